The molecule has 2 aromatic rings. The fraction of sp³-hybridized carbons (Fsp3) is 0.400. The van der Waals surface area contributed by atoms with Crippen molar-refractivity contribution in [3.8, 4) is 17.0 Å². The van der Waals surface area contributed by atoms with Crippen molar-refractivity contribution in [1.29, 1.82) is 0 Å². The second kappa shape index (κ2) is 8.12. The Bertz CT molecular complexity index is 722. The zero-order valence-electron chi connectivity index (χ0n) is 14.9. The third-order valence-electron chi connectivity index (χ3n) is 4.67. The number of pyridine rings is 1. The summed E-state index contributed by atoms with van der Waals surface area (Å²) in [6.07, 6.45) is 4.35. The van der Waals surface area contributed by atoms with E-state index in [4.69, 9.17) is 4.74 Å². The van der Waals surface area contributed by atoms with Crippen LogP contribution in [0.5, 0.6) is 5.88 Å². The van der Waals surface area contributed by atoms with Crippen LogP contribution in [0.1, 0.15) is 28.8 Å². The minimum Gasteiger partial charge on any atom is -0.481 e. The van der Waals surface area contributed by atoms with Gasteiger partial charge < -0.3 is 15.0 Å². The van der Waals surface area contributed by atoms with E-state index in [1.165, 1.54) is 12.8 Å². The van der Waals surface area contributed by atoms with E-state index in [0.29, 0.717) is 18.0 Å². The Kier molecular flexibility index (Phi) is 5.66. The normalized spacial score (nSPS) is 14.5. The molecule has 0 aliphatic carbocycles. The molecule has 3 rings (SSSR count). The van der Waals surface area contributed by atoms with Gasteiger partial charge in [-0.2, -0.15) is 0 Å². The van der Waals surface area contributed by atoms with Crippen LogP contribution < -0.4 is 10.1 Å². The minimum absolute atomic E-state index is 0.0182. The summed E-state index contributed by atoms with van der Waals surface area (Å²) >= 11 is 0. The number of amides is 1. The van der Waals surface area contributed by atoms with E-state index in [2.05, 4.69) is 15.2 Å². The van der Waals surface area contributed by atoms with Gasteiger partial charge in [0.25, 0.3) is 5.91 Å². The van der Waals surface area contributed by atoms with Crippen molar-refractivity contribution in [3.05, 3.63) is 47.7 Å². The Morgan fingerprint density at radius 2 is 1.96 bits per heavy atom. The van der Waals surface area contributed by atoms with Crippen LogP contribution in [-0.2, 0) is 0 Å². The van der Waals surface area contributed by atoms with Gasteiger partial charge in [-0.1, -0.05) is 12.1 Å². The molecule has 0 bridgehead atoms. The Balaban J connectivity index is 1.60. The molecular weight excluding hydrogens is 314 g/mol. The van der Waals surface area contributed by atoms with Crippen molar-refractivity contribution in [1.82, 2.24) is 15.2 Å². The summed E-state index contributed by atoms with van der Waals surface area (Å²) in [5.41, 5.74) is 3.86. The van der Waals surface area contributed by atoms with Crippen molar-refractivity contribution >= 4 is 5.91 Å². The maximum Gasteiger partial charge on any atom is 0.251 e. The quantitative estimate of drug-likeness (QED) is 0.879. The molecule has 1 aromatic heterocycles. The van der Waals surface area contributed by atoms with Crippen LogP contribution in [0.25, 0.3) is 11.1 Å². The Labute approximate surface area is 149 Å². The SMILES string of the molecule is COc1cc(C)c(-c2ccc(C(=O)NCCN3CCCC3)cc2)cn1. The van der Waals surface area contributed by atoms with Crippen molar-refractivity contribution in [3.63, 3.8) is 0 Å². The highest BCUT2D eigenvalue weighted by atomic mass is 16.5. The number of likely N-dealkylation sites (tertiary alicyclic amines) is 1. The second-order valence-electron chi connectivity index (χ2n) is 6.42. The summed E-state index contributed by atoms with van der Waals surface area (Å²) in [6, 6.07) is 9.57. The van der Waals surface area contributed by atoms with Crippen molar-refractivity contribution in [2.24, 2.45) is 0 Å². The van der Waals surface area contributed by atoms with Gasteiger partial charge in [0, 0.05) is 36.5 Å². The molecule has 0 atom stereocenters. The number of nitrogens with one attached hydrogen (secondary N) is 1. The molecule has 1 saturated heterocycles. The fourth-order valence-electron chi connectivity index (χ4n) is 3.18. The van der Waals surface area contributed by atoms with Gasteiger partial charge in [-0.25, -0.2) is 4.98 Å². The molecule has 5 nitrogen and oxygen atoms in total. The molecule has 1 amide bonds. The molecule has 5 heteroatoms. The molecule has 132 valence electrons. The summed E-state index contributed by atoms with van der Waals surface area (Å²) in [6.45, 7) is 5.96. The lowest BCUT2D eigenvalue weighted by molar-refractivity contribution is 0.0950. The third-order valence-corrected chi connectivity index (χ3v) is 4.67. The van der Waals surface area contributed by atoms with Crippen LogP contribution in [0.15, 0.2) is 36.5 Å². The Morgan fingerprint density at radius 1 is 1.24 bits per heavy atom. The van der Waals surface area contributed by atoms with Gasteiger partial charge in [-0.15, -0.1) is 0 Å². The summed E-state index contributed by atoms with van der Waals surface area (Å²) in [7, 11) is 1.61. The van der Waals surface area contributed by atoms with Crippen LogP contribution in [-0.4, -0.2) is 49.1 Å². The Morgan fingerprint density at radius 3 is 2.60 bits per heavy atom. The van der Waals surface area contributed by atoms with Crippen molar-refractivity contribution in [2.45, 2.75) is 19.8 Å². The summed E-state index contributed by atoms with van der Waals surface area (Å²) < 4.78 is 5.14. The number of aryl methyl sites for hydroxylation is 1. The van der Waals surface area contributed by atoms with Gasteiger partial charge in [0.15, 0.2) is 0 Å². The van der Waals surface area contributed by atoms with Gasteiger partial charge in [0.05, 0.1) is 7.11 Å². The largest absolute Gasteiger partial charge is 0.481 e. The lowest BCUT2D eigenvalue weighted by Gasteiger charge is -2.14. The highest BCUT2D eigenvalue weighted by Crippen LogP contribution is 2.25. The van der Waals surface area contributed by atoms with Gasteiger partial charge in [0.2, 0.25) is 5.88 Å². The van der Waals surface area contributed by atoms with Crippen LogP contribution in [0.2, 0.25) is 0 Å². The average molecular weight is 339 g/mol. The zero-order chi connectivity index (χ0) is 17.6. The smallest absolute Gasteiger partial charge is 0.251 e. The number of carbonyl (C=O) groups excluding carboxylic acids is 1. The highest BCUT2D eigenvalue weighted by Gasteiger charge is 2.12. The number of benzene rings is 1. The molecule has 0 spiro atoms. The number of rotatable bonds is 6. The lowest BCUT2D eigenvalue weighted by Crippen LogP contribution is -2.33. The molecule has 0 radical (unpaired) electrons. The predicted molar refractivity (Wildman–Crippen MR) is 99.0 cm³/mol. The predicted octanol–water partition coefficient (Wildman–Crippen LogP) is 2.89. The summed E-state index contributed by atoms with van der Waals surface area (Å²) in [4.78, 5) is 18.9. The first-order valence-electron chi connectivity index (χ1n) is 8.79. The van der Waals surface area contributed by atoms with E-state index in [1.807, 2.05) is 37.3 Å². The Hall–Kier alpha value is -2.40. The number of ether oxygens (including phenoxy) is 1. The van der Waals surface area contributed by atoms with E-state index >= 15 is 0 Å². The number of hydrogen-bond acceptors (Lipinski definition) is 4. The van der Waals surface area contributed by atoms with Crippen LogP contribution >= 0.6 is 0 Å². The molecule has 25 heavy (non-hydrogen) atoms. The summed E-state index contributed by atoms with van der Waals surface area (Å²) in [5.74, 6) is 0.588. The number of hydrogen-bond donors (Lipinski definition) is 1. The maximum absolute atomic E-state index is 12.3. The summed E-state index contributed by atoms with van der Waals surface area (Å²) in [5, 5.41) is 3.00. The van der Waals surface area contributed by atoms with Crippen molar-refractivity contribution < 1.29 is 9.53 Å². The van der Waals surface area contributed by atoms with Crippen LogP contribution in [0.4, 0.5) is 0 Å². The number of carbonyl (C=O) groups is 1. The highest BCUT2D eigenvalue weighted by molar-refractivity contribution is 5.94. The van der Waals surface area contributed by atoms with Gasteiger partial charge >= 0.3 is 0 Å². The van der Waals surface area contributed by atoms with Crippen LogP contribution in [0, 0.1) is 6.92 Å². The molecule has 2 heterocycles. The van der Waals surface area contributed by atoms with E-state index in [9.17, 15) is 4.79 Å². The van der Waals surface area contributed by atoms with E-state index < -0.39 is 0 Å². The molecule has 1 aromatic carbocycles. The lowest BCUT2D eigenvalue weighted by atomic mass is 10.0. The van der Waals surface area contributed by atoms with E-state index in [1.54, 1.807) is 13.3 Å². The number of methoxy groups -OCH3 is 1. The molecular formula is C20H25N3O2. The van der Waals surface area contributed by atoms with E-state index in [-0.39, 0.29) is 5.91 Å². The van der Waals surface area contributed by atoms with Crippen molar-refractivity contribution in [2.75, 3.05) is 33.3 Å². The monoisotopic (exact) mass is 339 g/mol. The molecule has 1 fully saturated rings. The number of aromatic nitrogens is 1. The fourth-order valence-corrected chi connectivity index (χ4v) is 3.18. The molecule has 0 unspecified atom stereocenters. The third kappa shape index (κ3) is 4.37. The van der Waals surface area contributed by atoms with Gasteiger partial charge in [-0.3, -0.25) is 4.79 Å². The first-order valence-corrected chi connectivity index (χ1v) is 8.79. The topological polar surface area (TPSA) is 54.5 Å². The van der Waals surface area contributed by atoms with Gasteiger partial charge in [-0.05, 0) is 56.1 Å². The molecule has 1 aliphatic rings. The first kappa shape index (κ1) is 17.4. The molecule has 1 N–H and O–H groups in total. The minimum atomic E-state index is -0.0182. The molecule has 0 saturated carbocycles. The maximum atomic E-state index is 12.3. The van der Waals surface area contributed by atoms with E-state index in [0.717, 1.165) is 36.3 Å². The second-order valence-corrected chi connectivity index (χ2v) is 6.42. The number of nitrogens with zero attached hydrogens (tertiary/aromatic N) is 2. The first-order chi connectivity index (χ1) is 12.2. The zero-order valence-corrected chi connectivity index (χ0v) is 14.9. The van der Waals surface area contributed by atoms with Crippen LogP contribution in [0.3, 0.4) is 0 Å². The average Bonchev–Trinajstić information content (AvgIpc) is 3.15. The molecule has 1 aliphatic heterocycles. The standard InChI is InChI=1S/C20H25N3O2/c1-15-13-19(25-2)22-14-18(15)16-5-7-17(8-6-16)20(24)21-9-12-23-10-3-4-11-23/h5-8,13-14H,3-4,9-12H2,1-2H3,(H,21,24). The van der Waals surface area contributed by atoms with Gasteiger partial charge in [0.1, 0.15) is 0 Å².